The van der Waals surface area contributed by atoms with Gasteiger partial charge in [-0.3, -0.25) is 14.4 Å². The maximum absolute atomic E-state index is 13.2. The fourth-order valence-corrected chi connectivity index (χ4v) is 3.97. The number of rotatable bonds is 8. The number of carboxylic acid groups (broad SMARTS) is 1. The van der Waals surface area contributed by atoms with Gasteiger partial charge in [-0.25, -0.2) is 4.79 Å². The zero-order chi connectivity index (χ0) is 25.8. The highest BCUT2D eigenvalue weighted by Gasteiger charge is 2.62. The second kappa shape index (κ2) is 10.5. The van der Waals surface area contributed by atoms with Crippen LogP contribution < -0.4 is 0 Å². The van der Waals surface area contributed by atoms with Gasteiger partial charge in [0.15, 0.2) is 5.60 Å². The molecule has 2 N–H and O–H groups in total. The average molecular weight is 493 g/mol. The number of fused-ring (bicyclic) bond motifs is 1. The maximum atomic E-state index is 13.2. The smallest absolute Gasteiger partial charge is 0.332 e. The molecule has 1 aliphatic heterocycles. The Labute approximate surface area is 203 Å². The van der Waals surface area contributed by atoms with Gasteiger partial charge in [-0.1, -0.05) is 55.2 Å². The number of esters is 1. The van der Waals surface area contributed by atoms with Crippen LogP contribution in [0.2, 0.25) is 0 Å². The van der Waals surface area contributed by atoms with E-state index in [2.05, 4.69) is 19.9 Å². The Morgan fingerprint density at radius 1 is 1.32 bits per heavy atom. The van der Waals surface area contributed by atoms with E-state index in [0.717, 1.165) is 25.0 Å². The summed E-state index contributed by atoms with van der Waals surface area (Å²) in [5.74, 6) is -3.68. The highest BCUT2D eigenvalue weighted by Crippen LogP contribution is 2.42. The summed E-state index contributed by atoms with van der Waals surface area (Å²) in [4.78, 5) is 49.2. The van der Waals surface area contributed by atoms with Crippen LogP contribution in [0.25, 0.3) is 0 Å². The number of aliphatic carboxylic acids is 1. The molecule has 0 amide bonds. The molecular formula is C25H29ClO8. The zero-order valence-corrected chi connectivity index (χ0v) is 20.6. The molecule has 2 rings (SSSR count). The molecule has 8 nitrogen and oxygen atoms in total. The Balaban J connectivity index is 2.38. The highest BCUT2D eigenvalue weighted by atomic mass is 35.5. The van der Waals surface area contributed by atoms with E-state index in [0.29, 0.717) is 11.7 Å². The molecule has 0 bridgehead atoms. The van der Waals surface area contributed by atoms with Crippen LogP contribution in [0.5, 0.6) is 0 Å². The molecule has 0 saturated heterocycles. The van der Waals surface area contributed by atoms with Crippen molar-refractivity contribution in [3.05, 3.63) is 57.9 Å². The zero-order valence-electron chi connectivity index (χ0n) is 19.8. The van der Waals surface area contributed by atoms with Crippen LogP contribution in [0, 0.1) is 5.92 Å². The summed E-state index contributed by atoms with van der Waals surface area (Å²) in [6.07, 6.45) is 8.28. The van der Waals surface area contributed by atoms with Crippen LogP contribution in [0.3, 0.4) is 0 Å². The van der Waals surface area contributed by atoms with E-state index >= 15 is 0 Å². The number of carboxylic acids is 1. The molecule has 0 saturated carbocycles. The van der Waals surface area contributed by atoms with Crippen molar-refractivity contribution in [3.63, 3.8) is 0 Å². The van der Waals surface area contributed by atoms with Crippen molar-refractivity contribution < 1.29 is 38.9 Å². The monoisotopic (exact) mass is 492 g/mol. The van der Waals surface area contributed by atoms with E-state index in [9.17, 15) is 24.3 Å². The Hall–Kier alpha value is -2.97. The third-order valence-electron chi connectivity index (χ3n) is 5.66. The lowest BCUT2D eigenvalue weighted by atomic mass is 9.72. The molecule has 2 aliphatic rings. The number of hydrogen-bond donors (Lipinski definition) is 2. The van der Waals surface area contributed by atoms with Crippen molar-refractivity contribution in [2.75, 3.05) is 6.61 Å². The minimum Gasteiger partial charge on any atom is -0.490 e. The van der Waals surface area contributed by atoms with E-state index in [1.54, 1.807) is 12.2 Å². The predicted octanol–water partition coefficient (Wildman–Crippen LogP) is 3.55. The normalized spacial score (nSPS) is 26.7. The molecule has 1 aliphatic carbocycles. The number of aliphatic hydroxyl groups is 1. The van der Waals surface area contributed by atoms with Crippen molar-refractivity contribution in [2.24, 2.45) is 5.92 Å². The summed E-state index contributed by atoms with van der Waals surface area (Å²) in [7, 11) is 0. The number of carbonyl (C=O) groups is 4. The SMILES string of the molecule is CC[C@@H](C)/C=C(C)/C=C/C1=CC2=C(Cl)C(=O)[C@@](C)(OC(=O)/C=C(\C)CC(=O)O)C(=O)[C@]2(O)CO1. The fourth-order valence-electron chi connectivity index (χ4n) is 3.58. The Kier molecular flexibility index (Phi) is 8.45. The van der Waals surface area contributed by atoms with Crippen LogP contribution in [-0.4, -0.2) is 51.5 Å². The lowest BCUT2D eigenvalue weighted by molar-refractivity contribution is -0.177. The van der Waals surface area contributed by atoms with E-state index in [-0.39, 0.29) is 11.1 Å². The van der Waals surface area contributed by atoms with Gasteiger partial charge in [-0.2, -0.15) is 0 Å². The standard InChI is InChI=1S/C25H29ClO8/c1-6-14(2)9-15(3)7-8-17-12-18-21(26)22(30)24(5,23(31)25(18,32)13-33-17)34-20(29)11-16(4)10-19(27)28/h7-9,11-12,14,32H,6,10,13H2,1-5H3,(H,27,28)/b8-7+,15-9+,16-11+/t14-,24-,25+/m1/s1. The van der Waals surface area contributed by atoms with Crippen molar-refractivity contribution in [1.29, 1.82) is 0 Å². The van der Waals surface area contributed by atoms with Crippen LogP contribution in [0.1, 0.15) is 47.5 Å². The van der Waals surface area contributed by atoms with Gasteiger partial charge in [0.2, 0.25) is 17.2 Å². The van der Waals surface area contributed by atoms with Gasteiger partial charge in [0.25, 0.3) is 0 Å². The van der Waals surface area contributed by atoms with Crippen molar-refractivity contribution in [2.45, 2.75) is 58.7 Å². The topological polar surface area (TPSA) is 127 Å². The summed E-state index contributed by atoms with van der Waals surface area (Å²) in [6, 6.07) is 0. The van der Waals surface area contributed by atoms with Crippen LogP contribution in [-0.2, 0) is 28.7 Å². The predicted molar refractivity (Wildman–Crippen MR) is 125 cm³/mol. The molecule has 0 aromatic rings. The molecule has 184 valence electrons. The van der Waals surface area contributed by atoms with Gasteiger partial charge < -0.3 is 19.7 Å². The van der Waals surface area contributed by atoms with Crippen LogP contribution >= 0.6 is 11.6 Å². The lowest BCUT2D eigenvalue weighted by Gasteiger charge is -2.41. The molecule has 0 aromatic carbocycles. The largest absolute Gasteiger partial charge is 0.490 e. The number of ether oxygens (including phenoxy) is 2. The number of halogens is 1. The Morgan fingerprint density at radius 2 is 1.97 bits per heavy atom. The van der Waals surface area contributed by atoms with Crippen LogP contribution in [0.15, 0.2) is 57.9 Å². The van der Waals surface area contributed by atoms with Crippen molar-refractivity contribution in [3.8, 4) is 0 Å². The molecule has 1 heterocycles. The molecule has 3 atom stereocenters. The third-order valence-corrected chi connectivity index (χ3v) is 6.03. The third kappa shape index (κ3) is 5.74. The number of Topliss-reactive ketones (excluding diaryl/α,β-unsaturated/α-hetero) is 2. The molecule has 0 radical (unpaired) electrons. The first-order valence-electron chi connectivity index (χ1n) is 10.8. The minimum absolute atomic E-state index is 0.134. The fraction of sp³-hybridized carbons (Fsp3) is 0.440. The lowest BCUT2D eigenvalue weighted by Crippen LogP contribution is -2.64. The summed E-state index contributed by atoms with van der Waals surface area (Å²) < 4.78 is 10.7. The number of hydrogen-bond acceptors (Lipinski definition) is 7. The first-order valence-corrected chi connectivity index (χ1v) is 11.2. The molecule has 0 aromatic heterocycles. The van der Waals surface area contributed by atoms with Crippen molar-refractivity contribution in [1.82, 2.24) is 0 Å². The Bertz CT molecular complexity index is 1060. The van der Waals surface area contributed by atoms with Crippen molar-refractivity contribution >= 4 is 35.1 Å². The molecule has 0 unspecified atom stereocenters. The number of allylic oxidation sites excluding steroid dienone is 4. The van der Waals surface area contributed by atoms with Gasteiger partial charge in [-0.05, 0) is 38.8 Å². The molecule has 0 spiro atoms. The van der Waals surface area contributed by atoms with E-state index in [4.69, 9.17) is 26.2 Å². The average Bonchev–Trinajstić information content (AvgIpc) is 2.75. The first-order chi connectivity index (χ1) is 15.7. The summed E-state index contributed by atoms with van der Waals surface area (Å²) in [5.41, 5.74) is -3.72. The van der Waals surface area contributed by atoms with Gasteiger partial charge in [0.05, 0.1) is 11.5 Å². The molecule has 9 heteroatoms. The molecular weight excluding hydrogens is 464 g/mol. The van der Waals surface area contributed by atoms with Gasteiger partial charge in [0.1, 0.15) is 12.4 Å². The number of ketones is 2. The second-order valence-electron chi connectivity index (χ2n) is 8.73. The maximum Gasteiger partial charge on any atom is 0.332 e. The first kappa shape index (κ1) is 27.3. The summed E-state index contributed by atoms with van der Waals surface area (Å²) >= 11 is 6.25. The quantitative estimate of drug-likeness (QED) is 0.228. The highest BCUT2D eigenvalue weighted by molar-refractivity contribution is 6.48. The van der Waals surface area contributed by atoms with Crippen LogP contribution in [0.4, 0.5) is 0 Å². The second-order valence-corrected chi connectivity index (χ2v) is 9.10. The summed E-state index contributed by atoms with van der Waals surface area (Å²) in [5, 5.41) is 19.5. The van der Waals surface area contributed by atoms with Gasteiger partial charge in [-0.15, -0.1) is 0 Å². The van der Waals surface area contributed by atoms with Gasteiger partial charge >= 0.3 is 11.9 Å². The molecule has 34 heavy (non-hydrogen) atoms. The Morgan fingerprint density at radius 3 is 2.56 bits per heavy atom. The van der Waals surface area contributed by atoms with E-state index in [1.807, 2.05) is 6.92 Å². The minimum atomic E-state index is -2.41. The van der Waals surface area contributed by atoms with E-state index < -0.39 is 52.8 Å². The molecule has 0 fully saturated rings. The number of carbonyl (C=O) groups excluding carboxylic acids is 3. The van der Waals surface area contributed by atoms with E-state index in [1.165, 1.54) is 13.0 Å². The summed E-state index contributed by atoms with van der Waals surface area (Å²) in [6.45, 7) is 7.98. The van der Waals surface area contributed by atoms with Gasteiger partial charge in [0, 0.05) is 11.6 Å².